The fourth-order valence-electron chi connectivity index (χ4n) is 4.90. The molecule has 2 aliphatic heterocycles. The Labute approximate surface area is 276 Å². The van der Waals surface area contributed by atoms with Gasteiger partial charge in [0, 0.05) is 60.5 Å². The first kappa shape index (κ1) is 33.7. The summed E-state index contributed by atoms with van der Waals surface area (Å²) in [4.78, 5) is 57.3. The molecule has 11 nitrogen and oxygen atoms in total. The van der Waals surface area contributed by atoms with E-state index in [0.29, 0.717) is 40.7 Å². The van der Waals surface area contributed by atoms with Crippen LogP contribution in [0.4, 0.5) is 11.4 Å². The number of carbonyl (C=O) groups excluding carboxylic acids is 4. The van der Waals surface area contributed by atoms with Crippen molar-refractivity contribution >= 4 is 57.5 Å². The third-order valence-electron chi connectivity index (χ3n) is 7.82. The quantitative estimate of drug-likeness (QED) is 0.140. The zero-order valence-corrected chi connectivity index (χ0v) is 27.3. The van der Waals surface area contributed by atoms with E-state index < -0.39 is 29.3 Å². The van der Waals surface area contributed by atoms with Gasteiger partial charge < -0.3 is 26.1 Å². The van der Waals surface area contributed by atoms with E-state index in [1.165, 1.54) is 13.2 Å². The average Bonchev–Trinajstić information content (AvgIpc) is 3.26. The Morgan fingerprint density at radius 1 is 1.22 bits per heavy atom. The lowest BCUT2D eigenvalue weighted by Crippen LogP contribution is -2.48. The highest BCUT2D eigenvalue weighted by atomic mass is 79.9. The number of nitrogens with one attached hydrogen (secondary N) is 2. The van der Waals surface area contributed by atoms with Gasteiger partial charge >= 0.3 is 0 Å². The van der Waals surface area contributed by atoms with Gasteiger partial charge in [-0.05, 0) is 72.6 Å². The number of halogens is 1. The number of benzene rings is 2. The first-order valence-electron chi connectivity index (χ1n) is 14.5. The Hall–Kier alpha value is -5.20. The second kappa shape index (κ2) is 14.3. The van der Waals surface area contributed by atoms with Crippen LogP contribution in [0.1, 0.15) is 53.0 Å². The smallest absolute Gasteiger partial charge is 0.262 e. The molecular formula is C34H34BrN7O4. The number of allylic oxidation sites excluding steroid dienone is 1. The molecule has 1 saturated heterocycles. The van der Waals surface area contributed by atoms with Gasteiger partial charge in [-0.3, -0.25) is 24.3 Å². The standard InChI is InChI=1S/C34H34BrN7O4/c1-21(40-25-10-9-24(17-37)29(35)14-25)34(2,3)39-18-22(16-36)7-8-23-19-41(20-23)26-11-12-27-28(15-26)33(46)42(32(27)45)30(6-5-13-43)31(44)38-4/h9-16,18,23,30,40H,1,5-6,19-20,36H2,2-4H3,(H,38,44). The number of amides is 3. The Bertz CT molecular complexity index is 1760. The summed E-state index contributed by atoms with van der Waals surface area (Å²) in [5.74, 6) is 4.74. The van der Waals surface area contributed by atoms with Crippen molar-refractivity contribution in [3.63, 3.8) is 0 Å². The Morgan fingerprint density at radius 3 is 2.57 bits per heavy atom. The number of likely N-dealkylation sites (N-methyl/N-ethyl adjacent to an activating group) is 1. The summed E-state index contributed by atoms with van der Waals surface area (Å²) in [6.45, 7) is 9.16. The van der Waals surface area contributed by atoms with E-state index in [1.807, 2.05) is 18.7 Å². The van der Waals surface area contributed by atoms with E-state index in [1.54, 1.807) is 42.6 Å². The van der Waals surface area contributed by atoms with Crippen molar-refractivity contribution in [2.24, 2.45) is 16.6 Å². The van der Waals surface area contributed by atoms with E-state index in [-0.39, 0.29) is 29.9 Å². The van der Waals surface area contributed by atoms with Crippen LogP contribution in [0.3, 0.4) is 0 Å². The summed E-state index contributed by atoms with van der Waals surface area (Å²) >= 11 is 3.39. The molecule has 4 N–H and O–H groups in total. The first-order valence-corrected chi connectivity index (χ1v) is 15.3. The molecule has 2 aliphatic rings. The molecule has 0 spiro atoms. The van der Waals surface area contributed by atoms with Crippen molar-refractivity contribution < 1.29 is 19.2 Å². The lowest BCUT2D eigenvalue weighted by atomic mass is 9.98. The largest absolute Gasteiger partial charge is 0.404 e. The van der Waals surface area contributed by atoms with Crippen LogP contribution >= 0.6 is 15.9 Å². The number of fused-ring (bicyclic) bond motifs is 1. The fraction of sp³-hybridized carbons (Fsp3) is 0.294. The van der Waals surface area contributed by atoms with E-state index in [0.717, 1.165) is 16.3 Å². The van der Waals surface area contributed by atoms with Crippen LogP contribution in [-0.2, 0) is 9.59 Å². The summed E-state index contributed by atoms with van der Waals surface area (Å²) < 4.78 is 0.678. The van der Waals surface area contributed by atoms with Gasteiger partial charge in [0.15, 0.2) is 0 Å². The van der Waals surface area contributed by atoms with E-state index >= 15 is 0 Å². The Kier molecular flexibility index (Phi) is 10.5. The summed E-state index contributed by atoms with van der Waals surface area (Å²) in [6, 6.07) is 11.4. The van der Waals surface area contributed by atoms with Crippen molar-refractivity contribution in [3.05, 3.63) is 81.6 Å². The van der Waals surface area contributed by atoms with E-state index in [9.17, 15) is 19.2 Å². The van der Waals surface area contributed by atoms with Crippen LogP contribution in [0.25, 0.3) is 0 Å². The fourth-order valence-corrected chi connectivity index (χ4v) is 5.37. The molecule has 46 heavy (non-hydrogen) atoms. The van der Waals surface area contributed by atoms with Crippen LogP contribution < -0.4 is 21.3 Å². The minimum absolute atomic E-state index is 0.0440. The van der Waals surface area contributed by atoms with Gasteiger partial charge in [0.1, 0.15) is 18.4 Å². The van der Waals surface area contributed by atoms with Crippen molar-refractivity contribution in [1.82, 2.24) is 10.2 Å². The molecule has 4 rings (SSSR count). The number of hydrogen-bond donors (Lipinski definition) is 3. The predicted octanol–water partition coefficient (Wildman–Crippen LogP) is 3.77. The van der Waals surface area contributed by atoms with Gasteiger partial charge in [-0.25, -0.2) is 0 Å². The lowest BCUT2D eigenvalue weighted by molar-refractivity contribution is -0.124. The molecule has 236 valence electrons. The molecular weight excluding hydrogens is 650 g/mol. The molecule has 0 radical (unpaired) electrons. The maximum atomic E-state index is 13.2. The third-order valence-corrected chi connectivity index (χ3v) is 8.47. The monoisotopic (exact) mass is 683 g/mol. The molecule has 0 aliphatic carbocycles. The van der Waals surface area contributed by atoms with Gasteiger partial charge in [0.05, 0.1) is 33.7 Å². The number of carbonyl (C=O) groups is 4. The average molecular weight is 685 g/mol. The van der Waals surface area contributed by atoms with Crippen molar-refractivity contribution in [2.75, 3.05) is 30.4 Å². The number of aliphatic imine (C=N–C) groups is 1. The molecule has 1 unspecified atom stereocenters. The second-order valence-corrected chi connectivity index (χ2v) is 12.2. The lowest BCUT2D eigenvalue weighted by Gasteiger charge is -2.38. The van der Waals surface area contributed by atoms with Crippen LogP contribution in [0.2, 0.25) is 0 Å². The number of imide groups is 1. The predicted molar refractivity (Wildman–Crippen MR) is 180 cm³/mol. The highest BCUT2D eigenvalue weighted by Crippen LogP contribution is 2.32. The molecule has 0 aromatic heterocycles. The zero-order chi connectivity index (χ0) is 33.6. The zero-order valence-electron chi connectivity index (χ0n) is 25.8. The summed E-state index contributed by atoms with van der Waals surface area (Å²) in [5.41, 5.74) is 8.85. The van der Waals surface area contributed by atoms with Crippen molar-refractivity contribution in [3.8, 4) is 17.9 Å². The molecule has 3 amide bonds. The van der Waals surface area contributed by atoms with Crippen LogP contribution in [0, 0.1) is 29.1 Å². The number of nitriles is 1. The highest BCUT2D eigenvalue weighted by molar-refractivity contribution is 9.10. The number of nitrogens with zero attached hydrogens (tertiary/aromatic N) is 4. The third kappa shape index (κ3) is 7.19. The molecule has 1 fully saturated rings. The number of aldehydes is 1. The minimum Gasteiger partial charge on any atom is -0.404 e. The maximum absolute atomic E-state index is 13.2. The van der Waals surface area contributed by atoms with Gasteiger partial charge in [0.25, 0.3) is 11.8 Å². The molecule has 1 atom stereocenters. The highest BCUT2D eigenvalue weighted by Gasteiger charge is 2.43. The molecule has 0 bridgehead atoms. The van der Waals surface area contributed by atoms with Crippen LogP contribution in [0.5, 0.6) is 0 Å². The summed E-state index contributed by atoms with van der Waals surface area (Å²) in [7, 11) is 1.42. The number of nitrogens with two attached hydrogens (primary N) is 1. The van der Waals surface area contributed by atoms with Gasteiger partial charge in [-0.1, -0.05) is 18.4 Å². The Balaban J connectivity index is 1.37. The maximum Gasteiger partial charge on any atom is 0.262 e. The molecule has 2 heterocycles. The molecule has 0 saturated carbocycles. The van der Waals surface area contributed by atoms with E-state index in [2.05, 4.69) is 56.0 Å². The molecule has 2 aromatic rings. The van der Waals surface area contributed by atoms with Gasteiger partial charge in [-0.15, -0.1) is 0 Å². The molecule has 2 aromatic carbocycles. The molecule has 12 heteroatoms. The van der Waals surface area contributed by atoms with E-state index in [4.69, 9.17) is 11.0 Å². The summed E-state index contributed by atoms with van der Waals surface area (Å²) in [6.07, 6.45) is 3.76. The van der Waals surface area contributed by atoms with Crippen LogP contribution in [-0.4, -0.2) is 66.8 Å². The number of rotatable bonds is 11. The first-order chi connectivity index (χ1) is 21.9. The van der Waals surface area contributed by atoms with Crippen molar-refractivity contribution in [2.45, 2.75) is 38.3 Å². The van der Waals surface area contributed by atoms with Gasteiger partial charge in [-0.2, -0.15) is 5.26 Å². The van der Waals surface area contributed by atoms with Crippen molar-refractivity contribution in [1.29, 1.82) is 5.26 Å². The summed E-state index contributed by atoms with van der Waals surface area (Å²) in [5, 5.41) is 14.8. The van der Waals surface area contributed by atoms with Crippen LogP contribution in [0.15, 0.2) is 69.9 Å². The second-order valence-electron chi connectivity index (χ2n) is 11.3. The topological polar surface area (TPSA) is 161 Å². The normalized spacial score (nSPS) is 15.4. The minimum atomic E-state index is -1.06. The Morgan fingerprint density at radius 2 is 1.93 bits per heavy atom. The number of anilines is 2. The SMILES string of the molecule is C=C(Nc1ccc(C#N)c(Br)c1)C(C)(C)N=CC(C#CC1CN(c2ccc3c(c2)C(=O)N(C(CCC=O)C(=O)NC)C3=O)C1)=CN. The van der Waals surface area contributed by atoms with Gasteiger partial charge in [0.2, 0.25) is 5.91 Å². The number of hydrogen-bond acceptors (Lipinski definition) is 9.